The highest BCUT2D eigenvalue weighted by atomic mass is 16.2. The molecule has 1 unspecified atom stereocenters. The van der Waals surface area contributed by atoms with Crippen molar-refractivity contribution in [1.29, 1.82) is 0 Å². The van der Waals surface area contributed by atoms with Crippen LogP contribution in [0.1, 0.15) is 33.0 Å². The highest BCUT2D eigenvalue weighted by Crippen LogP contribution is 2.24. The van der Waals surface area contributed by atoms with E-state index in [-0.39, 0.29) is 18.4 Å². The molecule has 104 valence electrons. The van der Waals surface area contributed by atoms with E-state index in [9.17, 15) is 9.59 Å². The molecule has 1 N–H and O–H groups in total. The summed E-state index contributed by atoms with van der Waals surface area (Å²) in [5.41, 5.74) is -0.820. The van der Waals surface area contributed by atoms with Crippen LogP contribution in [0.25, 0.3) is 0 Å². The van der Waals surface area contributed by atoms with Crippen LogP contribution in [0.15, 0.2) is 6.33 Å². The van der Waals surface area contributed by atoms with Crippen LogP contribution in [0.3, 0.4) is 0 Å². The maximum absolute atomic E-state index is 12.1. The van der Waals surface area contributed by atoms with E-state index in [1.165, 1.54) is 6.33 Å². The molecule has 2 rings (SSSR count). The summed E-state index contributed by atoms with van der Waals surface area (Å²) in [7, 11) is 0. The Morgan fingerprint density at radius 2 is 2.16 bits per heavy atom. The molecule has 1 aliphatic rings. The molecule has 2 heterocycles. The molecule has 7 nitrogen and oxygen atoms in total. The van der Waals surface area contributed by atoms with E-state index in [1.54, 1.807) is 16.5 Å². The summed E-state index contributed by atoms with van der Waals surface area (Å²) >= 11 is 0. The van der Waals surface area contributed by atoms with Gasteiger partial charge in [0.1, 0.15) is 17.7 Å². The Labute approximate surface area is 112 Å². The first-order valence-corrected chi connectivity index (χ1v) is 6.48. The Kier molecular flexibility index (Phi) is 3.55. The van der Waals surface area contributed by atoms with Crippen molar-refractivity contribution < 1.29 is 9.59 Å². The van der Waals surface area contributed by atoms with E-state index >= 15 is 0 Å². The number of nitrogens with zero attached hydrogens (tertiary/aromatic N) is 4. The average molecular weight is 265 g/mol. The predicted octanol–water partition coefficient (Wildman–Crippen LogP) is -0.0749. The number of hydrogen-bond donors (Lipinski definition) is 1. The van der Waals surface area contributed by atoms with E-state index in [2.05, 4.69) is 15.4 Å². The molecular formula is C12H19N5O2. The normalized spacial score (nSPS) is 23.6. The van der Waals surface area contributed by atoms with Crippen molar-refractivity contribution in [2.45, 2.75) is 45.8 Å². The lowest BCUT2D eigenvalue weighted by Crippen LogP contribution is -2.65. The van der Waals surface area contributed by atoms with Gasteiger partial charge in [0.25, 0.3) is 0 Å². The molecule has 7 heteroatoms. The Hall–Kier alpha value is -1.92. The van der Waals surface area contributed by atoms with Crippen LogP contribution in [-0.2, 0) is 22.7 Å². The van der Waals surface area contributed by atoms with Crippen molar-refractivity contribution in [1.82, 2.24) is 25.0 Å². The van der Waals surface area contributed by atoms with E-state index in [0.717, 1.165) is 0 Å². The molecule has 19 heavy (non-hydrogen) atoms. The first kappa shape index (κ1) is 13.5. The zero-order valence-corrected chi connectivity index (χ0v) is 11.5. The fourth-order valence-corrected chi connectivity index (χ4v) is 2.27. The van der Waals surface area contributed by atoms with Gasteiger partial charge >= 0.3 is 0 Å². The van der Waals surface area contributed by atoms with Crippen molar-refractivity contribution >= 4 is 11.8 Å². The molecule has 0 bridgehead atoms. The number of carbonyl (C=O) groups is 2. The topological polar surface area (TPSA) is 80.1 Å². The van der Waals surface area contributed by atoms with Crippen LogP contribution < -0.4 is 5.32 Å². The zero-order valence-electron chi connectivity index (χ0n) is 11.5. The molecule has 2 amide bonds. The number of carbonyl (C=O) groups excluding carboxylic acids is 2. The molecule has 1 fully saturated rings. The molecule has 0 radical (unpaired) electrons. The van der Waals surface area contributed by atoms with E-state index in [1.807, 2.05) is 13.8 Å². The van der Waals surface area contributed by atoms with Crippen LogP contribution in [0.5, 0.6) is 0 Å². The minimum Gasteiger partial charge on any atom is -0.345 e. The fraction of sp³-hybridized carbons (Fsp3) is 0.667. The van der Waals surface area contributed by atoms with Gasteiger partial charge in [0.2, 0.25) is 11.8 Å². The van der Waals surface area contributed by atoms with E-state index < -0.39 is 5.54 Å². The highest BCUT2D eigenvalue weighted by molar-refractivity contribution is 5.97. The molecule has 1 aliphatic heterocycles. The second-order valence-electron chi connectivity index (χ2n) is 4.78. The van der Waals surface area contributed by atoms with Crippen LogP contribution in [0.2, 0.25) is 0 Å². The number of nitrogens with one attached hydrogen (secondary N) is 1. The monoisotopic (exact) mass is 265 g/mol. The maximum Gasteiger partial charge on any atom is 0.246 e. The summed E-state index contributed by atoms with van der Waals surface area (Å²) in [4.78, 5) is 29.9. The lowest BCUT2D eigenvalue weighted by molar-refractivity contribution is -0.153. The van der Waals surface area contributed by atoms with Crippen LogP contribution >= 0.6 is 0 Å². The molecule has 0 aromatic carbocycles. The van der Waals surface area contributed by atoms with Crippen LogP contribution in [0.4, 0.5) is 0 Å². The smallest absolute Gasteiger partial charge is 0.246 e. The Bertz CT molecular complexity index is 498. The third-order valence-electron chi connectivity index (χ3n) is 3.77. The number of hydrogen-bond acceptors (Lipinski definition) is 4. The number of aryl methyl sites for hydroxylation is 1. The van der Waals surface area contributed by atoms with Gasteiger partial charge in [0.15, 0.2) is 0 Å². The van der Waals surface area contributed by atoms with Gasteiger partial charge in [-0.2, -0.15) is 5.10 Å². The molecule has 1 aromatic heterocycles. The maximum atomic E-state index is 12.1. The van der Waals surface area contributed by atoms with Crippen molar-refractivity contribution in [2.75, 3.05) is 6.54 Å². The minimum atomic E-state index is -0.820. The third-order valence-corrected chi connectivity index (χ3v) is 3.77. The van der Waals surface area contributed by atoms with Gasteiger partial charge in [-0.05, 0) is 20.3 Å². The van der Waals surface area contributed by atoms with Crippen molar-refractivity contribution in [2.24, 2.45) is 0 Å². The lowest BCUT2D eigenvalue weighted by atomic mass is 9.92. The molecular weight excluding hydrogens is 246 g/mol. The van der Waals surface area contributed by atoms with Gasteiger partial charge in [-0.15, -0.1) is 0 Å². The third kappa shape index (κ3) is 2.20. The summed E-state index contributed by atoms with van der Waals surface area (Å²) in [6.07, 6.45) is 2.03. The highest BCUT2D eigenvalue weighted by Gasteiger charge is 2.44. The molecule has 1 saturated heterocycles. The van der Waals surface area contributed by atoms with Crippen molar-refractivity contribution in [3.8, 4) is 0 Å². The number of amides is 2. The second kappa shape index (κ2) is 4.99. The van der Waals surface area contributed by atoms with Crippen LogP contribution in [-0.4, -0.2) is 43.6 Å². The summed E-state index contributed by atoms with van der Waals surface area (Å²) in [6, 6.07) is 0. The second-order valence-corrected chi connectivity index (χ2v) is 4.78. The lowest BCUT2D eigenvalue weighted by Gasteiger charge is -2.42. The first-order chi connectivity index (χ1) is 9.02. The molecule has 0 aliphatic carbocycles. The van der Waals surface area contributed by atoms with E-state index in [0.29, 0.717) is 25.3 Å². The van der Waals surface area contributed by atoms with Gasteiger partial charge in [-0.3, -0.25) is 9.59 Å². The van der Waals surface area contributed by atoms with Crippen LogP contribution in [0, 0.1) is 0 Å². The minimum absolute atomic E-state index is 0.0503. The molecule has 0 spiro atoms. The van der Waals surface area contributed by atoms with Crippen molar-refractivity contribution in [3.05, 3.63) is 12.2 Å². The zero-order chi connectivity index (χ0) is 14.0. The fourth-order valence-electron chi connectivity index (χ4n) is 2.27. The first-order valence-electron chi connectivity index (χ1n) is 6.48. The summed E-state index contributed by atoms with van der Waals surface area (Å²) in [6.45, 7) is 6.69. The van der Waals surface area contributed by atoms with Gasteiger partial charge in [-0.1, -0.05) is 6.92 Å². The summed E-state index contributed by atoms with van der Waals surface area (Å²) in [5.74, 6) is 0.497. The Balaban J connectivity index is 2.29. The number of rotatable bonds is 4. The van der Waals surface area contributed by atoms with Gasteiger partial charge in [-0.25, -0.2) is 9.67 Å². The van der Waals surface area contributed by atoms with Gasteiger partial charge < -0.3 is 10.2 Å². The van der Waals surface area contributed by atoms with Gasteiger partial charge in [0, 0.05) is 6.54 Å². The number of aromatic nitrogens is 3. The van der Waals surface area contributed by atoms with Gasteiger partial charge in [0.05, 0.1) is 13.1 Å². The molecule has 0 saturated carbocycles. The standard InChI is InChI=1S/C12H19N5O2/c1-4-12(3)11(19)13-6-10(18)16(12)7-9-14-8-15-17(9)5-2/h8H,4-7H2,1-3H3,(H,13,19). The van der Waals surface area contributed by atoms with Crippen molar-refractivity contribution in [3.63, 3.8) is 0 Å². The Morgan fingerprint density at radius 3 is 2.79 bits per heavy atom. The Morgan fingerprint density at radius 1 is 1.42 bits per heavy atom. The molecule has 1 atom stereocenters. The predicted molar refractivity (Wildman–Crippen MR) is 68.0 cm³/mol. The summed E-state index contributed by atoms with van der Waals surface area (Å²) < 4.78 is 1.73. The molecule has 1 aromatic rings. The quantitative estimate of drug-likeness (QED) is 0.826. The SMILES string of the molecule is CCn1ncnc1CN1C(=O)CNC(=O)C1(C)CC. The summed E-state index contributed by atoms with van der Waals surface area (Å²) in [5, 5.41) is 6.72. The largest absolute Gasteiger partial charge is 0.345 e. The number of piperazine rings is 1. The van der Waals surface area contributed by atoms with E-state index in [4.69, 9.17) is 0 Å². The average Bonchev–Trinajstić information content (AvgIpc) is 2.86.